The fourth-order valence-electron chi connectivity index (χ4n) is 3.65. The molecule has 0 aromatic heterocycles. The number of hydrogen-bond acceptors (Lipinski definition) is 3. The second-order valence-electron chi connectivity index (χ2n) is 7.33. The molecule has 0 bridgehead atoms. The van der Waals surface area contributed by atoms with Crippen LogP contribution in [0.3, 0.4) is 0 Å². The lowest BCUT2D eigenvalue weighted by Gasteiger charge is -2.43. The lowest BCUT2D eigenvalue weighted by Crippen LogP contribution is -2.52. The minimum Gasteiger partial charge on any atom is -0.481 e. The number of piperazine rings is 1. The standard InChI is InChI=1S/C16H30N2O2/c1-13(2)12-17-8-10-18(11-9-17)14-4-6-16(3,7-5-14)15(19)20/h13-14H,4-12H2,1-3H3,(H,19,20). The summed E-state index contributed by atoms with van der Waals surface area (Å²) in [5.74, 6) is 0.130. The fourth-order valence-corrected chi connectivity index (χ4v) is 3.65. The predicted molar refractivity (Wildman–Crippen MR) is 80.8 cm³/mol. The van der Waals surface area contributed by atoms with Gasteiger partial charge in [0.15, 0.2) is 0 Å². The highest BCUT2D eigenvalue weighted by Crippen LogP contribution is 2.38. The first-order valence-electron chi connectivity index (χ1n) is 8.10. The normalized spacial score (nSPS) is 33.5. The number of hydrogen-bond donors (Lipinski definition) is 1. The molecule has 1 saturated heterocycles. The highest BCUT2D eigenvalue weighted by molar-refractivity contribution is 5.74. The molecular weight excluding hydrogens is 252 g/mol. The first kappa shape index (κ1) is 15.8. The molecule has 4 heteroatoms. The Morgan fingerprint density at radius 2 is 1.75 bits per heavy atom. The molecule has 2 fully saturated rings. The molecule has 1 aliphatic heterocycles. The van der Waals surface area contributed by atoms with Crippen LogP contribution >= 0.6 is 0 Å². The van der Waals surface area contributed by atoms with Gasteiger partial charge in [-0.05, 0) is 38.5 Å². The average Bonchev–Trinajstić information content (AvgIpc) is 2.40. The van der Waals surface area contributed by atoms with E-state index in [0.29, 0.717) is 6.04 Å². The molecule has 0 amide bonds. The van der Waals surface area contributed by atoms with Crippen LogP contribution in [-0.2, 0) is 4.79 Å². The van der Waals surface area contributed by atoms with Gasteiger partial charge in [0.2, 0.25) is 0 Å². The van der Waals surface area contributed by atoms with Crippen LogP contribution in [0, 0.1) is 11.3 Å². The summed E-state index contributed by atoms with van der Waals surface area (Å²) in [5, 5.41) is 9.29. The summed E-state index contributed by atoms with van der Waals surface area (Å²) < 4.78 is 0. The first-order chi connectivity index (χ1) is 9.40. The van der Waals surface area contributed by atoms with E-state index in [4.69, 9.17) is 0 Å². The lowest BCUT2D eigenvalue weighted by atomic mass is 9.73. The Kier molecular flexibility index (Phi) is 5.08. The molecule has 0 aromatic rings. The topological polar surface area (TPSA) is 43.8 Å². The molecule has 116 valence electrons. The van der Waals surface area contributed by atoms with Gasteiger partial charge >= 0.3 is 5.97 Å². The van der Waals surface area contributed by atoms with Gasteiger partial charge in [-0.25, -0.2) is 0 Å². The molecule has 1 N–H and O–H groups in total. The largest absolute Gasteiger partial charge is 0.481 e. The smallest absolute Gasteiger partial charge is 0.309 e. The molecule has 1 saturated carbocycles. The van der Waals surface area contributed by atoms with E-state index >= 15 is 0 Å². The molecule has 0 aromatic carbocycles. The number of rotatable bonds is 4. The van der Waals surface area contributed by atoms with Crippen LogP contribution in [0.1, 0.15) is 46.5 Å². The zero-order valence-electron chi connectivity index (χ0n) is 13.3. The summed E-state index contributed by atoms with van der Waals surface area (Å²) in [5.41, 5.74) is -0.476. The van der Waals surface area contributed by atoms with E-state index in [-0.39, 0.29) is 0 Å². The van der Waals surface area contributed by atoms with Crippen molar-refractivity contribution >= 4 is 5.97 Å². The van der Waals surface area contributed by atoms with Gasteiger partial charge in [-0.1, -0.05) is 13.8 Å². The van der Waals surface area contributed by atoms with Crippen LogP contribution in [0.4, 0.5) is 0 Å². The highest BCUT2D eigenvalue weighted by Gasteiger charge is 2.39. The van der Waals surface area contributed by atoms with Gasteiger partial charge in [0.1, 0.15) is 0 Å². The van der Waals surface area contributed by atoms with Crippen LogP contribution < -0.4 is 0 Å². The third kappa shape index (κ3) is 3.73. The van der Waals surface area contributed by atoms with Gasteiger partial charge in [0, 0.05) is 38.8 Å². The fraction of sp³-hybridized carbons (Fsp3) is 0.938. The van der Waals surface area contributed by atoms with Crippen molar-refractivity contribution < 1.29 is 9.90 Å². The minimum atomic E-state index is -0.613. The Bertz CT molecular complexity index is 327. The Hall–Kier alpha value is -0.610. The monoisotopic (exact) mass is 282 g/mol. The summed E-state index contributed by atoms with van der Waals surface area (Å²) in [6, 6.07) is 0.614. The maximum absolute atomic E-state index is 11.3. The molecule has 0 unspecified atom stereocenters. The van der Waals surface area contributed by atoms with E-state index in [1.165, 1.54) is 19.6 Å². The second-order valence-corrected chi connectivity index (χ2v) is 7.33. The van der Waals surface area contributed by atoms with Gasteiger partial charge in [0.05, 0.1) is 5.41 Å². The SMILES string of the molecule is CC(C)CN1CCN(C2CCC(C)(C(=O)O)CC2)CC1. The summed E-state index contributed by atoms with van der Waals surface area (Å²) in [6.45, 7) is 12.3. The third-order valence-corrected chi connectivity index (χ3v) is 5.12. The number of nitrogens with zero attached hydrogens (tertiary/aromatic N) is 2. The predicted octanol–water partition coefficient (Wildman–Crippen LogP) is 2.29. The Morgan fingerprint density at radius 1 is 1.20 bits per heavy atom. The second kappa shape index (κ2) is 6.44. The molecule has 2 rings (SSSR count). The average molecular weight is 282 g/mol. The molecule has 0 radical (unpaired) electrons. The number of carboxylic acid groups (broad SMARTS) is 1. The molecular formula is C16H30N2O2. The van der Waals surface area contributed by atoms with Gasteiger partial charge in [-0.3, -0.25) is 9.69 Å². The quantitative estimate of drug-likeness (QED) is 0.859. The highest BCUT2D eigenvalue weighted by atomic mass is 16.4. The minimum absolute atomic E-state index is 0.476. The molecule has 0 atom stereocenters. The van der Waals surface area contributed by atoms with Gasteiger partial charge in [0.25, 0.3) is 0 Å². The van der Waals surface area contributed by atoms with Crippen LogP contribution in [0.15, 0.2) is 0 Å². The number of carboxylic acids is 1. The number of aliphatic carboxylic acids is 1. The van der Waals surface area contributed by atoms with Crippen molar-refractivity contribution in [2.45, 2.75) is 52.5 Å². The van der Waals surface area contributed by atoms with E-state index < -0.39 is 11.4 Å². The van der Waals surface area contributed by atoms with E-state index in [1.807, 2.05) is 6.92 Å². The Balaban J connectivity index is 1.77. The Morgan fingerprint density at radius 3 is 2.20 bits per heavy atom. The van der Waals surface area contributed by atoms with Crippen LogP contribution in [0.5, 0.6) is 0 Å². The number of carbonyl (C=O) groups is 1. The van der Waals surface area contributed by atoms with Crippen molar-refractivity contribution in [3.8, 4) is 0 Å². The zero-order chi connectivity index (χ0) is 14.8. The molecule has 2 aliphatic rings. The van der Waals surface area contributed by atoms with E-state index in [9.17, 15) is 9.90 Å². The summed E-state index contributed by atoms with van der Waals surface area (Å²) in [7, 11) is 0. The van der Waals surface area contributed by atoms with Gasteiger partial charge in [-0.2, -0.15) is 0 Å². The first-order valence-corrected chi connectivity index (χ1v) is 8.10. The van der Waals surface area contributed by atoms with Gasteiger partial charge < -0.3 is 10.0 Å². The van der Waals surface area contributed by atoms with E-state index in [0.717, 1.165) is 44.7 Å². The summed E-state index contributed by atoms with van der Waals surface area (Å²) >= 11 is 0. The molecule has 20 heavy (non-hydrogen) atoms. The van der Waals surface area contributed by atoms with Crippen molar-refractivity contribution in [2.75, 3.05) is 32.7 Å². The molecule has 0 spiro atoms. The van der Waals surface area contributed by atoms with Crippen LogP contribution in [0.2, 0.25) is 0 Å². The van der Waals surface area contributed by atoms with Crippen LogP contribution in [0.25, 0.3) is 0 Å². The molecule has 1 heterocycles. The van der Waals surface area contributed by atoms with Crippen molar-refractivity contribution in [3.63, 3.8) is 0 Å². The maximum atomic E-state index is 11.3. The van der Waals surface area contributed by atoms with Crippen molar-refractivity contribution in [1.82, 2.24) is 9.80 Å². The van der Waals surface area contributed by atoms with Crippen molar-refractivity contribution in [1.29, 1.82) is 0 Å². The summed E-state index contributed by atoms with van der Waals surface area (Å²) in [6.07, 6.45) is 3.76. The van der Waals surface area contributed by atoms with Crippen molar-refractivity contribution in [2.24, 2.45) is 11.3 Å². The Labute approximate surface area is 123 Å². The van der Waals surface area contributed by atoms with Gasteiger partial charge in [-0.15, -0.1) is 0 Å². The molecule has 1 aliphatic carbocycles. The van der Waals surface area contributed by atoms with E-state index in [2.05, 4.69) is 23.6 Å². The zero-order valence-corrected chi connectivity index (χ0v) is 13.3. The summed E-state index contributed by atoms with van der Waals surface area (Å²) in [4.78, 5) is 16.4. The lowest BCUT2D eigenvalue weighted by molar-refractivity contribution is -0.150. The third-order valence-electron chi connectivity index (χ3n) is 5.12. The van der Waals surface area contributed by atoms with Crippen molar-refractivity contribution in [3.05, 3.63) is 0 Å². The maximum Gasteiger partial charge on any atom is 0.309 e. The van der Waals surface area contributed by atoms with Crippen LogP contribution in [-0.4, -0.2) is 59.6 Å². The van der Waals surface area contributed by atoms with E-state index in [1.54, 1.807) is 0 Å². The molecule has 4 nitrogen and oxygen atoms in total.